The molecule has 0 radical (unpaired) electrons. The fourth-order valence-electron chi connectivity index (χ4n) is 3.44. The molecule has 0 bridgehead atoms. The Balaban J connectivity index is 2.27. The van der Waals surface area contributed by atoms with E-state index in [-0.39, 0.29) is 5.83 Å². The van der Waals surface area contributed by atoms with Crippen LogP contribution in [0.15, 0.2) is 75.1 Å². The van der Waals surface area contributed by atoms with Crippen molar-refractivity contribution in [2.75, 3.05) is 7.05 Å². The van der Waals surface area contributed by atoms with Gasteiger partial charge in [0, 0.05) is 18.2 Å². The van der Waals surface area contributed by atoms with Crippen LogP contribution in [0.5, 0.6) is 0 Å². The maximum atomic E-state index is 14.3. The first-order valence-electron chi connectivity index (χ1n) is 8.79. The fourth-order valence-corrected chi connectivity index (χ4v) is 3.53. The van der Waals surface area contributed by atoms with E-state index in [1.165, 1.54) is 37.3 Å². The monoisotopic (exact) mass is 358 g/mol. The molecule has 2 nitrogen and oxygen atoms in total. The van der Waals surface area contributed by atoms with Gasteiger partial charge in [-0.15, -0.1) is 0 Å². The van der Waals surface area contributed by atoms with Crippen LogP contribution in [-0.2, 0) is 0 Å². The van der Waals surface area contributed by atoms with E-state index in [9.17, 15) is 4.39 Å². The predicted molar refractivity (Wildman–Crippen MR) is 109 cm³/mol. The lowest BCUT2D eigenvalue weighted by atomic mass is 9.93. The van der Waals surface area contributed by atoms with E-state index in [1.54, 1.807) is 25.5 Å². The molecule has 0 amide bonds. The highest BCUT2D eigenvalue weighted by atomic mass is 32.1. The first kappa shape index (κ1) is 19.5. The molecule has 2 rings (SSSR count). The van der Waals surface area contributed by atoms with Crippen molar-refractivity contribution in [2.24, 2.45) is 16.6 Å². The van der Waals surface area contributed by atoms with Crippen molar-refractivity contribution in [2.45, 2.75) is 39.0 Å². The molecular formula is C21H27FN2S. The van der Waals surface area contributed by atoms with Gasteiger partial charge in [-0.05, 0) is 36.3 Å². The molecule has 25 heavy (non-hydrogen) atoms. The highest BCUT2D eigenvalue weighted by Gasteiger charge is 2.21. The number of nitrogens with zero attached hydrogens (tertiary/aromatic N) is 1. The van der Waals surface area contributed by atoms with Crippen LogP contribution in [-0.4, -0.2) is 12.8 Å². The maximum Gasteiger partial charge on any atom is 0.132 e. The van der Waals surface area contributed by atoms with Gasteiger partial charge in [0.25, 0.3) is 0 Å². The zero-order chi connectivity index (χ0) is 18.2. The average molecular weight is 359 g/mol. The first-order valence-corrected chi connectivity index (χ1v) is 9.31. The fraction of sp³-hybridized carbons (Fsp3) is 0.381. The smallest absolute Gasteiger partial charge is 0.132 e. The second-order valence-corrected chi connectivity index (χ2v) is 6.71. The van der Waals surface area contributed by atoms with Crippen LogP contribution in [0.3, 0.4) is 0 Å². The Bertz CT molecular complexity index is 699. The van der Waals surface area contributed by atoms with E-state index in [1.807, 2.05) is 18.2 Å². The maximum absolute atomic E-state index is 14.3. The molecular weight excluding hydrogens is 331 g/mol. The number of hydrogen-bond acceptors (Lipinski definition) is 3. The van der Waals surface area contributed by atoms with E-state index < -0.39 is 0 Å². The number of halogens is 1. The average Bonchev–Trinajstić information content (AvgIpc) is 3.12. The summed E-state index contributed by atoms with van der Waals surface area (Å²) in [4.78, 5) is 4.16. The van der Waals surface area contributed by atoms with Gasteiger partial charge in [0.2, 0.25) is 0 Å². The summed E-state index contributed by atoms with van der Waals surface area (Å²) in [5, 5.41) is 1.72. The Morgan fingerprint density at radius 1 is 1.40 bits per heavy atom. The zero-order valence-corrected chi connectivity index (χ0v) is 15.9. The Morgan fingerprint density at radius 3 is 2.72 bits per heavy atom. The predicted octanol–water partition coefficient (Wildman–Crippen LogP) is 5.59. The van der Waals surface area contributed by atoms with Crippen molar-refractivity contribution >= 4 is 18.3 Å². The third-order valence-corrected chi connectivity index (χ3v) is 4.92. The van der Waals surface area contributed by atoms with Crippen LogP contribution < -0.4 is 5.73 Å². The van der Waals surface area contributed by atoms with E-state index in [2.05, 4.69) is 23.7 Å². The molecule has 0 aromatic rings. The molecule has 134 valence electrons. The van der Waals surface area contributed by atoms with Gasteiger partial charge in [-0.2, -0.15) is 12.6 Å². The molecule has 1 saturated carbocycles. The number of allylic oxidation sites excluding steroid dienone is 10. The SMILES string of the molecule is C/C=C1C(F)=CC(/C=C/C(=C\C=C\S)CC2CCCC2)=C(N)C/1=N/C. The van der Waals surface area contributed by atoms with Gasteiger partial charge in [0.1, 0.15) is 5.83 Å². The lowest BCUT2D eigenvalue weighted by Gasteiger charge is -2.17. The molecule has 4 heteroatoms. The highest BCUT2D eigenvalue weighted by Crippen LogP contribution is 2.31. The number of aliphatic imine (C=N–C) groups is 1. The number of rotatable bonds is 5. The minimum Gasteiger partial charge on any atom is -0.396 e. The van der Waals surface area contributed by atoms with Crippen molar-refractivity contribution in [3.8, 4) is 0 Å². The van der Waals surface area contributed by atoms with Gasteiger partial charge < -0.3 is 5.73 Å². The molecule has 0 unspecified atom stereocenters. The number of hydrogen-bond donors (Lipinski definition) is 2. The van der Waals surface area contributed by atoms with Gasteiger partial charge in [0.15, 0.2) is 0 Å². The third kappa shape index (κ3) is 5.08. The lowest BCUT2D eigenvalue weighted by molar-refractivity contribution is 0.548. The van der Waals surface area contributed by atoms with Crippen LogP contribution in [0.25, 0.3) is 0 Å². The van der Waals surface area contributed by atoms with Crippen LogP contribution in [0.4, 0.5) is 4.39 Å². The summed E-state index contributed by atoms with van der Waals surface area (Å²) in [5.74, 6) is 0.435. The molecule has 0 spiro atoms. The normalized spacial score (nSPS) is 23.7. The van der Waals surface area contributed by atoms with Crippen LogP contribution in [0.2, 0.25) is 0 Å². The Labute approximate surface area is 155 Å². The first-order chi connectivity index (χ1) is 12.1. The summed E-state index contributed by atoms with van der Waals surface area (Å²) in [6.07, 6.45) is 17.3. The summed E-state index contributed by atoms with van der Waals surface area (Å²) >= 11 is 4.13. The summed E-state index contributed by atoms with van der Waals surface area (Å²) in [5.41, 5.74) is 9.56. The van der Waals surface area contributed by atoms with Crippen molar-refractivity contribution in [1.29, 1.82) is 0 Å². The molecule has 2 aliphatic rings. The molecule has 0 saturated heterocycles. The summed E-state index contributed by atoms with van der Waals surface area (Å²) in [6, 6.07) is 0. The molecule has 0 atom stereocenters. The Kier molecular flexibility index (Phi) is 7.51. The molecule has 0 aromatic heterocycles. The van der Waals surface area contributed by atoms with Gasteiger partial charge in [-0.25, -0.2) is 4.39 Å². The van der Waals surface area contributed by atoms with Crippen molar-refractivity contribution in [3.05, 3.63) is 70.1 Å². The van der Waals surface area contributed by atoms with E-state index in [0.29, 0.717) is 22.6 Å². The van der Waals surface area contributed by atoms with Gasteiger partial charge in [-0.1, -0.05) is 56.1 Å². The molecule has 0 heterocycles. The standard InChI is InChI=1S/C21H27FN2S/c1-3-18-19(22)14-17(20(23)21(18)24-2)11-10-16(9-6-12-25)13-15-7-4-5-8-15/h3,6,9-12,14-15,25H,4-5,7-8,13,23H2,1-2H3/b11-10+,12-6+,16-9+,18-3-,24-21+. The second kappa shape index (κ2) is 9.62. The number of nitrogens with two attached hydrogens (primary N) is 1. The largest absolute Gasteiger partial charge is 0.396 e. The Hall–Kier alpha value is -1.81. The van der Waals surface area contributed by atoms with Crippen LogP contribution in [0, 0.1) is 5.92 Å². The van der Waals surface area contributed by atoms with Gasteiger partial charge in [0.05, 0.1) is 11.4 Å². The van der Waals surface area contributed by atoms with Gasteiger partial charge >= 0.3 is 0 Å². The molecule has 2 N–H and O–H groups in total. The lowest BCUT2D eigenvalue weighted by Crippen LogP contribution is -2.19. The Morgan fingerprint density at radius 2 is 2.12 bits per heavy atom. The van der Waals surface area contributed by atoms with Crippen molar-refractivity contribution in [1.82, 2.24) is 0 Å². The van der Waals surface area contributed by atoms with Crippen molar-refractivity contribution in [3.63, 3.8) is 0 Å². The molecule has 0 aromatic carbocycles. The second-order valence-electron chi connectivity index (χ2n) is 6.41. The van der Waals surface area contributed by atoms with E-state index in [4.69, 9.17) is 5.73 Å². The molecule has 2 aliphatic carbocycles. The zero-order valence-electron chi connectivity index (χ0n) is 15.0. The summed E-state index contributed by atoms with van der Waals surface area (Å²) in [6.45, 7) is 1.79. The summed E-state index contributed by atoms with van der Waals surface area (Å²) < 4.78 is 14.3. The minimum atomic E-state index is -0.298. The third-order valence-electron chi connectivity index (χ3n) is 4.75. The molecule has 0 aliphatic heterocycles. The van der Waals surface area contributed by atoms with Crippen LogP contribution >= 0.6 is 12.6 Å². The van der Waals surface area contributed by atoms with Crippen molar-refractivity contribution < 1.29 is 4.39 Å². The van der Waals surface area contributed by atoms with E-state index in [0.717, 1.165) is 12.3 Å². The summed E-state index contributed by atoms with van der Waals surface area (Å²) in [7, 11) is 1.63. The molecule has 1 fully saturated rings. The number of thiol groups is 1. The van der Waals surface area contributed by atoms with E-state index >= 15 is 0 Å². The minimum absolute atomic E-state index is 0.298. The van der Waals surface area contributed by atoms with Crippen LogP contribution in [0.1, 0.15) is 39.0 Å². The quantitative estimate of drug-likeness (QED) is 0.488. The van der Waals surface area contributed by atoms with Gasteiger partial charge in [-0.3, -0.25) is 4.99 Å². The highest BCUT2D eigenvalue weighted by molar-refractivity contribution is 7.83. The topological polar surface area (TPSA) is 38.4 Å².